The molecule has 3 heteroatoms. The first kappa shape index (κ1) is 7.50. The molecule has 1 N–H and O–H groups in total. The molecule has 0 aliphatic carbocycles. The van der Waals surface area contributed by atoms with Crippen LogP contribution in [0.5, 0.6) is 0 Å². The van der Waals surface area contributed by atoms with Crippen molar-refractivity contribution in [2.24, 2.45) is 0 Å². The summed E-state index contributed by atoms with van der Waals surface area (Å²) in [7, 11) is 1.92. The average Bonchev–Trinajstić information content (AvgIpc) is 2.04. The molecule has 0 fully saturated rings. The Morgan fingerprint density at radius 3 is 2.92 bits per heavy atom. The van der Waals surface area contributed by atoms with Gasteiger partial charge in [0.15, 0.2) is 0 Å². The van der Waals surface area contributed by atoms with E-state index in [1.807, 2.05) is 42.5 Å². The van der Waals surface area contributed by atoms with Crippen LogP contribution in [0.4, 0.5) is 0 Å². The number of rotatable bonds is 0. The SMILES string of the molecule is CN1C=c2ccccc2=C(Cl)N1. The second-order valence-electron chi connectivity index (χ2n) is 2.75. The molecule has 2 nitrogen and oxygen atoms in total. The summed E-state index contributed by atoms with van der Waals surface area (Å²) in [6.45, 7) is 0. The Labute approximate surface area is 75.7 Å². The van der Waals surface area contributed by atoms with Gasteiger partial charge in [-0.2, -0.15) is 0 Å². The van der Waals surface area contributed by atoms with Gasteiger partial charge in [-0.15, -0.1) is 0 Å². The molecule has 1 heterocycles. The minimum Gasteiger partial charge on any atom is -0.297 e. The summed E-state index contributed by atoms with van der Waals surface area (Å²) in [5.74, 6) is 0. The number of benzene rings is 1. The highest BCUT2D eigenvalue weighted by molar-refractivity contribution is 6.44. The van der Waals surface area contributed by atoms with E-state index in [4.69, 9.17) is 11.6 Å². The molecule has 0 spiro atoms. The maximum Gasteiger partial charge on any atom is 0.128 e. The summed E-state index contributed by atoms with van der Waals surface area (Å²) < 4.78 is 0. The van der Waals surface area contributed by atoms with E-state index in [-0.39, 0.29) is 0 Å². The first-order chi connectivity index (χ1) is 5.77. The number of hydrazine groups is 1. The molecule has 1 aliphatic rings. The number of nitrogens with zero attached hydrogens (tertiary/aromatic N) is 1. The molecular weight excluding hydrogens is 172 g/mol. The van der Waals surface area contributed by atoms with Crippen molar-refractivity contribution in [2.75, 3.05) is 7.05 Å². The highest BCUT2D eigenvalue weighted by Crippen LogP contribution is 1.97. The minimum atomic E-state index is 0.676. The molecule has 62 valence electrons. The zero-order valence-corrected chi connectivity index (χ0v) is 7.47. The highest BCUT2D eigenvalue weighted by Gasteiger charge is 2.01. The third kappa shape index (κ3) is 1.14. The third-order valence-corrected chi connectivity index (χ3v) is 2.09. The standard InChI is InChI=1S/C9H9ClN2/c1-12-6-7-4-2-3-5-8(7)9(10)11-12/h2-6,11H,1H3. The molecule has 0 bridgehead atoms. The summed E-state index contributed by atoms with van der Waals surface area (Å²) in [6, 6.07) is 8.00. The van der Waals surface area contributed by atoms with E-state index in [2.05, 4.69) is 5.43 Å². The molecule has 12 heavy (non-hydrogen) atoms. The molecule has 2 rings (SSSR count). The maximum atomic E-state index is 5.99. The van der Waals surface area contributed by atoms with Crippen molar-refractivity contribution >= 4 is 23.0 Å². The number of hydrogen-bond acceptors (Lipinski definition) is 2. The van der Waals surface area contributed by atoms with Gasteiger partial charge in [-0.1, -0.05) is 35.9 Å². The van der Waals surface area contributed by atoms with Gasteiger partial charge in [0.05, 0.1) is 0 Å². The number of hydrogen-bond donors (Lipinski definition) is 1. The van der Waals surface area contributed by atoms with Crippen LogP contribution < -0.4 is 15.9 Å². The summed E-state index contributed by atoms with van der Waals surface area (Å²) >= 11 is 5.99. The smallest absolute Gasteiger partial charge is 0.128 e. The van der Waals surface area contributed by atoms with Crippen LogP contribution in [0.25, 0.3) is 11.4 Å². The van der Waals surface area contributed by atoms with E-state index in [0.717, 1.165) is 10.4 Å². The fourth-order valence-electron chi connectivity index (χ4n) is 1.27. The number of fused-ring (bicyclic) bond motifs is 1. The van der Waals surface area contributed by atoms with Crippen molar-refractivity contribution in [1.82, 2.24) is 10.4 Å². The molecule has 1 aromatic carbocycles. The van der Waals surface area contributed by atoms with Crippen LogP contribution >= 0.6 is 11.6 Å². The Morgan fingerprint density at radius 1 is 1.33 bits per heavy atom. The molecular formula is C9H9ClN2. The zero-order chi connectivity index (χ0) is 8.55. The van der Waals surface area contributed by atoms with Crippen LogP contribution in [0.15, 0.2) is 24.3 Å². The van der Waals surface area contributed by atoms with Crippen molar-refractivity contribution in [3.63, 3.8) is 0 Å². The molecule has 1 aliphatic heterocycles. The van der Waals surface area contributed by atoms with Crippen LogP contribution in [0.3, 0.4) is 0 Å². The summed E-state index contributed by atoms with van der Waals surface area (Å²) in [5, 5.41) is 4.71. The van der Waals surface area contributed by atoms with E-state index in [0.29, 0.717) is 5.16 Å². The van der Waals surface area contributed by atoms with Gasteiger partial charge >= 0.3 is 0 Å². The quantitative estimate of drug-likeness (QED) is 0.573. The second-order valence-corrected chi connectivity index (χ2v) is 3.13. The first-order valence-corrected chi connectivity index (χ1v) is 4.11. The average molecular weight is 181 g/mol. The third-order valence-electron chi connectivity index (χ3n) is 1.80. The van der Waals surface area contributed by atoms with Gasteiger partial charge in [0.25, 0.3) is 0 Å². The molecule has 1 aromatic rings. The van der Waals surface area contributed by atoms with E-state index in [1.165, 1.54) is 0 Å². The predicted molar refractivity (Wildman–Crippen MR) is 50.3 cm³/mol. The molecule has 0 aromatic heterocycles. The maximum absolute atomic E-state index is 5.99. The van der Waals surface area contributed by atoms with Gasteiger partial charge in [0, 0.05) is 23.7 Å². The van der Waals surface area contributed by atoms with E-state index >= 15 is 0 Å². The Morgan fingerprint density at radius 2 is 2.08 bits per heavy atom. The van der Waals surface area contributed by atoms with Gasteiger partial charge in [-0.05, 0) is 0 Å². The zero-order valence-electron chi connectivity index (χ0n) is 6.71. The molecule has 0 unspecified atom stereocenters. The largest absolute Gasteiger partial charge is 0.297 e. The second kappa shape index (κ2) is 2.72. The van der Waals surface area contributed by atoms with Gasteiger partial charge in [0.1, 0.15) is 5.16 Å². The Hall–Kier alpha value is -1.15. The lowest BCUT2D eigenvalue weighted by atomic mass is 10.2. The normalized spacial score (nSPS) is 14.8. The summed E-state index contributed by atoms with van der Waals surface area (Å²) in [6.07, 6.45) is 2.00. The van der Waals surface area contributed by atoms with Crippen molar-refractivity contribution in [2.45, 2.75) is 0 Å². The number of halogens is 1. The van der Waals surface area contributed by atoms with Crippen LogP contribution in [-0.2, 0) is 0 Å². The van der Waals surface area contributed by atoms with Gasteiger partial charge < -0.3 is 0 Å². The van der Waals surface area contributed by atoms with Crippen LogP contribution in [0.2, 0.25) is 0 Å². The lowest BCUT2D eigenvalue weighted by Gasteiger charge is -2.19. The van der Waals surface area contributed by atoms with Crippen molar-refractivity contribution in [1.29, 1.82) is 0 Å². The first-order valence-electron chi connectivity index (χ1n) is 3.73. The van der Waals surface area contributed by atoms with Gasteiger partial charge in [-0.3, -0.25) is 10.4 Å². The summed E-state index contributed by atoms with van der Waals surface area (Å²) in [4.78, 5) is 0. The lowest BCUT2D eigenvalue weighted by Crippen LogP contribution is -2.42. The van der Waals surface area contributed by atoms with E-state index in [1.54, 1.807) is 0 Å². The fourth-order valence-corrected chi connectivity index (χ4v) is 1.57. The molecule has 0 radical (unpaired) electrons. The Bertz CT molecular complexity index is 411. The monoisotopic (exact) mass is 180 g/mol. The fraction of sp³-hybridized carbons (Fsp3) is 0.111. The van der Waals surface area contributed by atoms with Crippen molar-refractivity contribution in [3.05, 3.63) is 34.7 Å². The number of nitrogens with one attached hydrogen (secondary N) is 1. The van der Waals surface area contributed by atoms with Crippen LogP contribution in [-0.4, -0.2) is 12.1 Å². The highest BCUT2D eigenvalue weighted by atomic mass is 35.5. The van der Waals surface area contributed by atoms with Gasteiger partial charge in [0.2, 0.25) is 0 Å². The molecule has 0 atom stereocenters. The minimum absolute atomic E-state index is 0.676. The van der Waals surface area contributed by atoms with E-state index < -0.39 is 0 Å². The molecule has 0 saturated heterocycles. The lowest BCUT2D eigenvalue weighted by molar-refractivity contribution is 0.435. The Balaban J connectivity index is 2.81. The predicted octanol–water partition coefficient (Wildman–Crippen LogP) is 0.179. The van der Waals surface area contributed by atoms with Crippen LogP contribution in [0, 0.1) is 0 Å². The Kier molecular flexibility index (Phi) is 1.70. The topological polar surface area (TPSA) is 15.3 Å². The van der Waals surface area contributed by atoms with Crippen molar-refractivity contribution in [3.8, 4) is 0 Å². The molecule has 0 amide bonds. The van der Waals surface area contributed by atoms with Crippen molar-refractivity contribution < 1.29 is 0 Å². The molecule has 0 saturated carbocycles. The van der Waals surface area contributed by atoms with Crippen LogP contribution in [0.1, 0.15) is 0 Å². The van der Waals surface area contributed by atoms with Gasteiger partial charge in [-0.25, -0.2) is 0 Å². The summed E-state index contributed by atoms with van der Waals surface area (Å²) in [5.41, 5.74) is 3.00. The van der Waals surface area contributed by atoms with E-state index in [9.17, 15) is 0 Å².